The van der Waals surface area contributed by atoms with Gasteiger partial charge in [0, 0.05) is 69.9 Å². The van der Waals surface area contributed by atoms with Crippen molar-refractivity contribution in [1.82, 2.24) is 19.8 Å². The summed E-state index contributed by atoms with van der Waals surface area (Å²) in [5, 5.41) is 9.41. The van der Waals surface area contributed by atoms with Gasteiger partial charge in [-0.2, -0.15) is 0 Å². The lowest BCUT2D eigenvalue weighted by atomic mass is 9.86. The zero-order valence-corrected chi connectivity index (χ0v) is 17.5. The van der Waals surface area contributed by atoms with Gasteiger partial charge in [0.05, 0.1) is 0 Å². The highest BCUT2D eigenvalue weighted by Crippen LogP contribution is 2.35. The van der Waals surface area contributed by atoms with Gasteiger partial charge in [-0.05, 0) is 43.9 Å². The molecule has 1 atom stereocenters. The smallest absolute Gasteiger partial charge is 0.225 e. The zero-order valence-electron chi connectivity index (χ0n) is 17.5. The average Bonchev–Trinajstić information content (AvgIpc) is 2.77. The van der Waals surface area contributed by atoms with Gasteiger partial charge in [0.2, 0.25) is 5.95 Å². The summed E-state index contributed by atoms with van der Waals surface area (Å²) in [6.45, 7) is 6.01. The van der Waals surface area contributed by atoms with Crippen LogP contribution in [0.3, 0.4) is 0 Å². The van der Waals surface area contributed by atoms with Crippen molar-refractivity contribution >= 4 is 5.95 Å². The Kier molecular flexibility index (Phi) is 6.74. The molecule has 0 unspecified atom stereocenters. The second-order valence-corrected chi connectivity index (χ2v) is 8.34. The zero-order chi connectivity index (χ0) is 20.1. The van der Waals surface area contributed by atoms with Crippen LogP contribution >= 0.6 is 0 Å². The van der Waals surface area contributed by atoms with E-state index in [0.717, 1.165) is 57.2 Å². The highest BCUT2D eigenvalue weighted by atomic mass is 16.3. The lowest BCUT2D eigenvalue weighted by molar-refractivity contribution is 0.152. The van der Waals surface area contributed by atoms with Gasteiger partial charge in [-0.3, -0.25) is 4.90 Å². The standard InChI is InChI=1S/C23H33N5O/c1-26-11-13-27(14-12-26)23-24-16-19(17-25-23)18-28(10-5-15-29)22-9-4-7-20-6-2-3-8-21(20)22/h2-3,6,8,16-17,22,29H,4-5,7,9-15,18H2,1H3/t22-/m1/s1. The number of aromatic nitrogens is 2. The Hall–Kier alpha value is -2.02. The summed E-state index contributed by atoms with van der Waals surface area (Å²) in [5.41, 5.74) is 4.06. The van der Waals surface area contributed by atoms with Crippen LogP contribution in [0.1, 0.15) is 42.0 Å². The van der Waals surface area contributed by atoms with Crippen molar-refractivity contribution in [3.8, 4) is 0 Å². The van der Waals surface area contributed by atoms with Crippen molar-refractivity contribution in [2.45, 2.75) is 38.3 Å². The molecular weight excluding hydrogens is 362 g/mol. The maximum atomic E-state index is 9.41. The summed E-state index contributed by atoms with van der Waals surface area (Å²) >= 11 is 0. The third kappa shape index (κ3) is 4.94. The number of aliphatic hydroxyl groups excluding tert-OH is 1. The van der Waals surface area contributed by atoms with Crippen LogP contribution in [-0.2, 0) is 13.0 Å². The fraction of sp³-hybridized carbons (Fsp3) is 0.565. The molecule has 6 heteroatoms. The quantitative estimate of drug-likeness (QED) is 0.777. The monoisotopic (exact) mass is 395 g/mol. The summed E-state index contributed by atoms with van der Waals surface area (Å²) in [6, 6.07) is 9.24. The van der Waals surface area contributed by atoms with Crippen LogP contribution in [0.25, 0.3) is 0 Å². The van der Waals surface area contributed by atoms with Crippen LogP contribution in [-0.4, -0.2) is 71.3 Å². The first-order valence-corrected chi connectivity index (χ1v) is 10.9. The van der Waals surface area contributed by atoms with Gasteiger partial charge in [-0.15, -0.1) is 0 Å². The van der Waals surface area contributed by atoms with E-state index < -0.39 is 0 Å². The van der Waals surface area contributed by atoms with E-state index in [1.54, 1.807) is 0 Å². The third-order valence-corrected chi connectivity index (χ3v) is 6.25. The molecule has 6 nitrogen and oxygen atoms in total. The molecule has 1 aromatic heterocycles. The van der Waals surface area contributed by atoms with E-state index in [9.17, 15) is 5.11 Å². The first-order chi connectivity index (χ1) is 14.2. The van der Waals surface area contributed by atoms with E-state index in [4.69, 9.17) is 0 Å². The maximum Gasteiger partial charge on any atom is 0.225 e. The maximum absolute atomic E-state index is 9.41. The van der Waals surface area contributed by atoms with Crippen LogP contribution in [0, 0.1) is 0 Å². The topological polar surface area (TPSA) is 55.7 Å². The summed E-state index contributed by atoms with van der Waals surface area (Å²) < 4.78 is 0. The molecule has 29 heavy (non-hydrogen) atoms. The van der Waals surface area contributed by atoms with Crippen molar-refractivity contribution in [2.75, 3.05) is 51.3 Å². The SMILES string of the molecule is CN1CCN(c2ncc(CN(CCCO)[C@@H]3CCCc4ccccc43)cn2)CC1. The molecule has 0 bridgehead atoms. The largest absolute Gasteiger partial charge is 0.396 e. The minimum Gasteiger partial charge on any atom is -0.396 e. The summed E-state index contributed by atoms with van der Waals surface area (Å²) in [4.78, 5) is 16.5. The summed E-state index contributed by atoms with van der Waals surface area (Å²) in [6.07, 6.45) is 8.32. The molecule has 2 heterocycles. The normalized spacial score (nSPS) is 20.1. The van der Waals surface area contributed by atoms with Crippen LogP contribution in [0.2, 0.25) is 0 Å². The number of hydrogen-bond acceptors (Lipinski definition) is 6. The minimum absolute atomic E-state index is 0.226. The van der Waals surface area contributed by atoms with Crippen molar-refractivity contribution in [3.05, 3.63) is 53.3 Å². The Labute approximate surface area is 174 Å². The van der Waals surface area contributed by atoms with Gasteiger partial charge >= 0.3 is 0 Å². The van der Waals surface area contributed by atoms with Crippen LogP contribution in [0.15, 0.2) is 36.7 Å². The highest BCUT2D eigenvalue weighted by Gasteiger charge is 2.26. The van der Waals surface area contributed by atoms with E-state index in [1.165, 1.54) is 30.4 Å². The third-order valence-electron chi connectivity index (χ3n) is 6.25. The molecule has 1 fully saturated rings. The van der Waals surface area contributed by atoms with E-state index in [0.29, 0.717) is 6.04 Å². The molecule has 1 aliphatic heterocycles. The van der Waals surface area contributed by atoms with E-state index in [2.05, 4.69) is 56.0 Å². The number of nitrogens with zero attached hydrogens (tertiary/aromatic N) is 5. The second-order valence-electron chi connectivity index (χ2n) is 8.34. The lowest BCUT2D eigenvalue weighted by Gasteiger charge is -2.36. The molecule has 0 amide bonds. The Bertz CT molecular complexity index is 773. The van der Waals surface area contributed by atoms with Gasteiger partial charge in [0.25, 0.3) is 0 Å². The number of likely N-dealkylation sites (N-methyl/N-ethyl adjacent to an activating group) is 1. The van der Waals surface area contributed by atoms with Gasteiger partial charge in [-0.25, -0.2) is 9.97 Å². The molecule has 1 aromatic carbocycles. The highest BCUT2D eigenvalue weighted by molar-refractivity contribution is 5.33. The van der Waals surface area contributed by atoms with E-state index in [1.807, 2.05) is 12.4 Å². The summed E-state index contributed by atoms with van der Waals surface area (Å²) in [5.74, 6) is 0.840. The van der Waals surface area contributed by atoms with Gasteiger partial charge in [0.1, 0.15) is 0 Å². The van der Waals surface area contributed by atoms with Crippen molar-refractivity contribution < 1.29 is 5.11 Å². The van der Waals surface area contributed by atoms with Crippen LogP contribution in [0.5, 0.6) is 0 Å². The number of hydrogen-bond donors (Lipinski definition) is 1. The number of aryl methyl sites for hydroxylation is 1. The predicted octanol–water partition coefficient (Wildman–Crippen LogP) is 2.49. The minimum atomic E-state index is 0.226. The van der Waals surface area contributed by atoms with Crippen LogP contribution in [0.4, 0.5) is 5.95 Å². The van der Waals surface area contributed by atoms with Crippen LogP contribution < -0.4 is 4.90 Å². The molecule has 1 saturated heterocycles. The second kappa shape index (κ2) is 9.65. The number of benzene rings is 1. The molecule has 1 N–H and O–H groups in total. The first kappa shape index (κ1) is 20.3. The van der Waals surface area contributed by atoms with Crippen molar-refractivity contribution in [1.29, 1.82) is 0 Å². The Morgan fingerprint density at radius 1 is 1.10 bits per heavy atom. The fourth-order valence-electron chi connectivity index (χ4n) is 4.56. The molecule has 1 aliphatic carbocycles. The number of rotatable bonds is 7. The number of aliphatic hydroxyl groups is 1. The van der Waals surface area contributed by atoms with Crippen molar-refractivity contribution in [2.24, 2.45) is 0 Å². The van der Waals surface area contributed by atoms with Gasteiger partial charge in [-0.1, -0.05) is 24.3 Å². The Morgan fingerprint density at radius 2 is 1.86 bits per heavy atom. The predicted molar refractivity (Wildman–Crippen MR) is 116 cm³/mol. The molecule has 4 rings (SSSR count). The van der Waals surface area contributed by atoms with E-state index >= 15 is 0 Å². The number of fused-ring (bicyclic) bond motifs is 1. The lowest BCUT2D eigenvalue weighted by Crippen LogP contribution is -2.45. The Balaban J connectivity index is 1.47. The summed E-state index contributed by atoms with van der Waals surface area (Å²) in [7, 11) is 2.16. The molecular formula is C23H33N5O. The average molecular weight is 396 g/mol. The molecule has 0 radical (unpaired) electrons. The number of piperazine rings is 1. The number of anilines is 1. The fourth-order valence-corrected chi connectivity index (χ4v) is 4.56. The molecule has 0 spiro atoms. The van der Waals surface area contributed by atoms with E-state index in [-0.39, 0.29) is 6.61 Å². The molecule has 156 valence electrons. The van der Waals surface area contributed by atoms with Crippen molar-refractivity contribution in [3.63, 3.8) is 0 Å². The molecule has 2 aromatic rings. The molecule has 2 aliphatic rings. The van der Waals surface area contributed by atoms with Gasteiger partial charge in [0.15, 0.2) is 0 Å². The Morgan fingerprint density at radius 3 is 2.62 bits per heavy atom. The molecule has 0 saturated carbocycles. The first-order valence-electron chi connectivity index (χ1n) is 10.9. The van der Waals surface area contributed by atoms with Gasteiger partial charge < -0.3 is 14.9 Å².